The van der Waals surface area contributed by atoms with Crippen molar-refractivity contribution in [2.24, 2.45) is 11.7 Å². The van der Waals surface area contributed by atoms with Gasteiger partial charge in [-0.3, -0.25) is 9.59 Å². The minimum absolute atomic E-state index is 0.229. The van der Waals surface area contributed by atoms with Crippen LogP contribution in [0.5, 0.6) is 0 Å². The molecule has 2 rings (SSSR count). The average Bonchev–Trinajstić information content (AvgIpc) is 2.61. The lowest BCUT2D eigenvalue weighted by Crippen LogP contribution is -2.52. The molecule has 0 aromatic heterocycles. The number of nitrogens with two attached hydrogens (primary N) is 1. The maximum atomic E-state index is 13.2. The summed E-state index contributed by atoms with van der Waals surface area (Å²) in [6.45, 7) is 15.4. The summed E-state index contributed by atoms with van der Waals surface area (Å²) in [7, 11) is 0. The third-order valence-electron chi connectivity index (χ3n) is 5.08. The quantitative estimate of drug-likeness (QED) is 0.642. The molecule has 3 unspecified atom stereocenters. The van der Waals surface area contributed by atoms with E-state index in [4.69, 9.17) is 15.2 Å². The molecule has 1 aromatic rings. The van der Waals surface area contributed by atoms with E-state index < -0.39 is 41.1 Å². The van der Waals surface area contributed by atoms with E-state index >= 15 is 0 Å². The number of ketones is 1. The molecule has 0 radical (unpaired) electrons. The molecule has 0 saturated heterocycles. The predicted octanol–water partition coefficient (Wildman–Crippen LogP) is 3.65. The molecule has 178 valence electrons. The molecule has 0 saturated carbocycles. The largest absolute Gasteiger partial charge is 0.459 e. The molecule has 7 heteroatoms. The van der Waals surface area contributed by atoms with Crippen molar-refractivity contribution in [2.75, 3.05) is 6.54 Å². The summed E-state index contributed by atoms with van der Waals surface area (Å²) in [5.41, 5.74) is 6.05. The van der Waals surface area contributed by atoms with Crippen molar-refractivity contribution in [3.05, 3.63) is 34.9 Å². The minimum atomic E-state index is -1.14. The van der Waals surface area contributed by atoms with E-state index in [0.717, 1.165) is 6.42 Å². The zero-order chi connectivity index (χ0) is 24.4. The van der Waals surface area contributed by atoms with E-state index in [1.165, 1.54) is 0 Å². The second-order valence-electron chi connectivity index (χ2n) is 10.8. The molecule has 1 aliphatic rings. The number of hydrogen-bond acceptors (Lipinski definition) is 7. The molecule has 0 spiro atoms. The molecular formula is C25H38N2O5. The SMILES string of the molecule is CC(C)CCNC1C(=O)C(N)C(C(=O)OC(C)(C)C)c2c(C(=O)OC(C)(C)C)cccc21. The summed E-state index contributed by atoms with van der Waals surface area (Å²) >= 11 is 0. The number of esters is 2. The monoisotopic (exact) mass is 446 g/mol. The fourth-order valence-corrected chi connectivity index (χ4v) is 3.74. The normalized spacial score (nSPS) is 21.3. The molecule has 0 bridgehead atoms. The summed E-state index contributed by atoms with van der Waals surface area (Å²) in [5, 5.41) is 3.28. The Hall–Kier alpha value is -2.25. The number of benzene rings is 1. The number of hydrogen-bond donors (Lipinski definition) is 2. The van der Waals surface area contributed by atoms with Crippen LogP contribution < -0.4 is 11.1 Å². The first-order chi connectivity index (χ1) is 14.6. The average molecular weight is 447 g/mol. The van der Waals surface area contributed by atoms with Gasteiger partial charge in [-0.2, -0.15) is 0 Å². The molecule has 0 fully saturated rings. The highest BCUT2D eigenvalue weighted by Crippen LogP contribution is 2.39. The Balaban J connectivity index is 2.61. The van der Waals surface area contributed by atoms with Gasteiger partial charge in [-0.05, 0) is 77.6 Å². The summed E-state index contributed by atoms with van der Waals surface area (Å²) in [6, 6.07) is 3.22. The maximum Gasteiger partial charge on any atom is 0.338 e. The van der Waals surface area contributed by atoms with Crippen LogP contribution in [0.2, 0.25) is 0 Å². The first-order valence-corrected chi connectivity index (χ1v) is 11.2. The van der Waals surface area contributed by atoms with Gasteiger partial charge >= 0.3 is 11.9 Å². The molecule has 1 aliphatic carbocycles. The van der Waals surface area contributed by atoms with Crippen molar-refractivity contribution in [3.8, 4) is 0 Å². The van der Waals surface area contributed by atoms with Crippen LogP contribution in [0.1, 0.15) is 95.3 Å². The van der Waals surface area contributed by atoms with Crippen molar-refractivity contribution >= 4 is 17.7 Å². The van der Waals surface area contributed by atoms with Gasteiger partial charge in [0.1, 0.15) is 17.1 Å². The van der Waals surface area contributed by atoms with Crippen LogP contribution in [0, 0.1) is 5.92 Å². The van der Waals surface area contributed by atoms with E-state index in [0.29, 0.717) is 23.6 Å². The van der Waals surface area contributed by atoms with Crippen LogP contribution in [-0.4, -0.2) is 41.5 Å². The Kier molecular flexibility index (Phi) is 7.89. The number of rotatable bonds is 6. The number of ether oxygens (including phenoxy) is 2. The van der Waals surface area contributed by atoms with Crippen LogP contribution in [0.15, 0.2) is 18.2 Å². The lowest BCUT2D eigenvalue weighted by atomic mass is 9.74. The Morgan fingerprint density at radius 1 is 1.06 bits per heavy atom. The standard InChI is InChI=1S/C25H38N2O5/c1-14(2)12-13-27-20-15-10-9-11-16(22(29)31-24(3,4)5)17(15)18(19(26)21(20)28)23(30)32-25(6,7)8/h9-11,14,18-20,27H,12-13,26H2,1-8H3. The van der Waals surface area contributed by atoms with Crippen LogP contribution >= 0.6 is 0 Å². The second kappa shape index (κ2) is 9.71. The molecule has 1 aromatic carbocycles. The Morgan fingerprint density at radius 3 is 2.19 bits per heavy atom. The van der Waals surface area contributed by atoms with Gasteiger partial charge in [0.05, 0.1) is 17.6 Å². The molecule has 3 N–H and O–H groups in total. The second-order valence-corrected chi connectivity index (χ2v) is 10.8. The van der Waals surface area contributed by atoms with Crippen LogP contribution in [0.25, 0.3) is 0 Å². The third kappa shape index (κ3) is 6.39. The topological polar surface area (TPSA) is 108 Å². The van der Waals surface area contributed by atoms with Gasteiger partial charge < -0.3 is 20.5 Å². The van der Waals surface area contributed by atoms with Gasteiger partial charge in [-0.1, -0.05) is 26.0 Å². The van der Waals surface area contributed by atoms with Crippen molar-refractivity contribution in [1.82, 2.24) is 5.32 Å². The highest BCUT2D eigenvalue weighted by molar-refractivity contribution is 6.03. The van der Waals surface area contributed by atoms with E-state index in [2.05, 4.69) is 19.2 Å². The number of nitrogens with one attached hydrogen (secondary N) is 1. The summed E-state index contributed by atoms with van der Waals surface area (Å²) in [6.07, 6.45) is 0.871. The van der Waals surface area contributed by atoms with Crippen molar-refractivity contribution in [2.45, 2.75) is 91.0 Å². The van der Waals surface area contributed by atoms with Crippen molar-refractivity contribution in [1.29, 1.82) is 0 Å². The Bertz CT molecular complexity index is 864. The maximum absolute atomic E-state index is 13.2. The highest BCUT2D eigenvalue weighted by Gasteiger charge is 2.47. The number of carbonyl (C=O) groups is 3. The van der Waals surface area contributed by atoms with E-state index in [1.807, 2.05) is 0 Å². The predicted molar refractivity (Wildman–Crippen MR) is 123 cm³/mol. The third-order valence-corrected chi connectivity index (χ3v) is 5.08. The lowest BCUT2D eigenvalue weighted by molar-refractivity contribution is -0.158. The van der Waals surface area contributed by atoms with Gasteiger partial charge in [0.25, 0.3) is 0 Å². The number of fused-ring (bicyclic) bond motifs is 1. The van der Waals surface area contributed by atoms with E-state index in [-0.39, 0.29) is 11.3 Å². The summed E-state index contributed by atoms with van der Waals surface area (Å²) in [4.78, 5) is 39.5. The fraction of sp³-hybridized carbons (Fsp3) is 0.640. The Morgan fingerprint density at radius 2 is 1.66 bits per heavy atom. The van der Waals surface area contributed by atoms with Gasteiger partial charge in [-0.15, -0.1) is 0 Å². The van der Waals surface area contributed by atoms with Crippen LogP contribution in [-0.2, 0) is 19.1 Å². The summed E-state index contributed by atoms with van der Waals surface area (Å²) < 4.78 is 11.2. The first-order valence-electron chi connectivity index (χ1n) is 11.2. The van der Waals surface area contributed by atoms with Crippen molar-refractivity contribution < 1.29 is 23.9 Å². The molecule has 32 heavy (non-hydrogen) atoms. The van der Waals surface area contributed by atoms with Gasteiger partial charge in [0, 0.05) is 0 Å². The minimum Gasteiger partial charge on any atom is -0.459 e. The van der Waals surface area contributed by atoms with Gasteiger partial charge in [0.15, 0.2) is 5.78 Å². The van der Waals surface area contributed by atoms with Crippen LogP contribution in [0.4, 0.5) is 0 Å². The van der Waals surface area contributed by atoms with E-state index in [9.17, 15) is 14.4 Å². The zero-order valence-corrected chi connectivity index (χ0v) is 20.6. The van der Waals surface area contributed by atoms with Gasteiger partial charge in [0.2, 0.25) is 0 Å². The lowest BCUT2D eigenvalue weighted by Gasteiger charge is -2.36. The van der Waals surface area contributed by atoms with E-state index in [1.54, 1.807) is 59.7 Å². The number of carbonyl (C=O) groups excluding carboxylic acids is 3. The van der Waals surface area contributed by atoms with Crippen molar-refractivity contribution in [3.63, 3.8) is 0 Å². The molecule has 0 amide bonds. The van der Waals surface area contributed by atoms with Gasteiger partial charge in [-0.25, -0.2) is 4.79 Å². The summed E-state index contributed by atoms with van der Waals surface area (Å²) in [5.74, 6) is -2.12. The molecule has 0 heterocycles. The molecule has 3 atom stereocenters. The number of Topliss-reactive ketones (excluding diaryl/α,β-unsaturated/α-hetero) is 1. The van der Waals surface area contributed by atoms with Crippen LogP contribution in [0.3, 0.4) is 0 Å². The molecular weight excluding hydrogens is 408 g/mol. The highest BCUT2D eigenvalue weighted by atomic mass is 16.6. The first kappa shape index (κ1) is 26.0. The zero-order valence-electron chi connectivity index (χ0n) is 20.6. The Labute approximate surface area is 191 Å². The smallest absolute Gasteiger partial charge is 0.338 e. The molecule has 0 aliphatic heterocycles. The molecule has 7 nitrogen and oxygen atoms in total. The fourth-order valence-electron chi connectivity index (χ4n) is 3.74.